The van der Waals surface area contributed by atoms with E-state index in [-0.39, 0.29) is 0 Å². The molecule has 0 aromatic heterocycles. The SMILES string of the molecule is C=C(C)CN(CC#N)C(C)C. The van der Waals surface area contributed by atoms with E-state index >= 15 is 0 Å². The zero-order valence-electron chi connectivity index (χ0n) is 7.59. The summed E-state index contributed by atoms with van der Waals surface area (Å²) >= 11 is 0. The van der Waals surface area contributed by atoms with Crippen LogP contribution in [0.2, 0.25) is 0 Å². The lowest BCUT2D eigenvalue weighted by molar-refractivity contribution is 0.270. The first-order chi connectivity index (χ1) is 5.07. The Morgan fingerprint density at radius 1 is 1.64 bits per heavy atom. The van der Waals surface area contributed by atoms with E-state index in [4.69, 9.17) is 5.26 Å². The Hall–Kier alpha value is -0.810. The Kier molecular flexibility index (Phi) is 4.56. The second-order valence-corrected chi connectivity index (χ2v) is 3.11. The summed E-state index contributed by atoms with van der Waals surface area (Å²) < 4.78 is 0. The van der Waals surface area contributed by atoms with Gasteiger partial charge >= 0.3 is 0 Å². The van der Waals surface area contributed by atoms with Crippen LogP contribution in [0.15, 0.2) is 12.2 Å². The summed E-state index contributed by atoms with van der Waals surface area (Å²) in [7, 11) is 0. The third-order valence-corrected chi connectivity index (χ3v) is 1.48. The molecule has 2 nitrogen and oxygen atoms in total. The quantitative estimate of drug-likeness (QED) is 0.453. The molecular formula is C9H16N2. The fourth-order valence-electron chi connectivity index (χ4n) is 0.859. The number of nitrogens with zero attached hydrogens (tertiary/aromatic N) is 2. The minimum absolute atomic E-state index is 0.423. The summed E-state index contributed by atoms with van der Waals surface area (Å²) in [5, 5.41) is 8.48. The Bertz CT molecular complexity index is 165. The molecule has 0 aromatic carbocycles. The summed E-state index contributed by atoms with van der Waals surface area (Å²) in [4.78, 5) is 2.09. The third-order valence-electron chi connectivity index (χ3n) is 1.48. The van der Waals surface area contributed by atoms with Crippen LogP contribution in [0.3, 0.4) is 0 Å². The Balaban J connectivity index is 3.91. The highest BCUT2D eigenvalue weighted by molar-refractivity contribution is 4.94. The molecule has 0 saturated carbocycles. The van der Waals surface area contributed by atoms with Crippen molar-refractivity contribution in [1.29, 1.82) is 5.26 Å². The van der Waals surface area contributed by atoms with Gasteiger partial charge in [-0.05, 0) is 20.8 Å². The van der Waals surface area contributed by atoms with Crippen molar-refractivity contribution in [3.05, 3.63) is 12.2 Å². The van der Waals surface area contributed by atoms with Gasteiger partial charge in [0.1, 0.15) is 0 Å². The van der Waals surface area contributed by atoms with Crippen molar-refractivity contribution in [2.75, 3.05) is 13.1 Å². The molecule has 0 bridgehead atoms. The van der Waals surface area contributed by atoms with Gasteiger partial charge in [0.2, 0.25) is 0 Å². The average molecular weight is 152 g/mol. The van der Waals surface area contributed by atoms with Crippen molar-refractivity contribution in [1.82, 2.24) is 4.90 Å². The molecule has 0 radical (unpaired) electrons. The smallest absolute Gasteiger partial charge is 0.0870 e. The van der Waals surface area contributed by atoms with Crippen LogP contribution in [0.5, 0.6) is 0 Å². The van der Waals surface area contributed by atoms with Crippen LogP contribution in [0, 0.1) is 11.3 Å². The Morgan fingerprint density at radius 2 is 2.18 bits per heavy atom. The first kappa shape index (κ1) is 10.2. The van der Waals surface area contributed by atoms with Crippen molar-refractivity contribution in [2.45, 2.75) is 26.8 Å². The monoisotopic (exact) mass is 152 g/mol. The van der Waals surface area contributed by atoms with Gasteiger partial charge in [-0.1, -0.05) is 12.2 Å². The lowest BCUT2D eigenvalue weighted by atomic mass is 10.2. The highest BCUT2D eigenvalue weighted by Crippen LogP contribution is 2.00. The van der Waals surface area contributed by atoms with Gasteiger partial charge in [0.25, 0.3) is 0 Å². The second kappa shape index (κ2) is 4.92. The molecule has 62 valence electrons. The number of hydrogen-bond acceptors (Lipinski definition) is 2. The summed E-state index contributed by atoms with van der Waals surface area (Å²) in [5.74, 6) is 0. The van der Waals surface area contributed by atoms with Gasteiger partial charge in [0.15, 0.2) is 0 Å². The molecule has 0 aliphatic rings. The predicted molar refractivity (Wildman–Crippen MR) is 47.1 cm³/mol. The van der Waals surface area contributed by atoms with Gasteiger partial charge < -0.3 is 0 Å². The first-order valence-electron chi connectivity index (χ1n) is 3.83. The molecule has 0 rings (SSSR count). The van der Waals surface area contributed by atoms with Crippen LogP contribution < -0.4 is 0 Å². The lowest BCUT2D eigenvalue weighted by Crippen LogP contribution is -2.32. The van der Waals surface area contributed by atoms with E-state index < -0.39 is 0 Å². The molecule has 0 fully saturated rings. The van der Waals surface area contributed by atoms with Crippen LogP contribution >= 0.6 is 0 Å². The zero-order valence-corrected chi connectivity index (χ0v) is 7.59. The second-order valence-electron chi connectivity index (χ2n) is 3.11. The minimum atomic E-state index is 0.423. The molecule has 0 amide bonds. The maximum atomic E-state index is 8.48. The van der Waals surface area contributed by atoms with Crippen LogP contribution in [0.4, 0.5) is 0 Å². The maximum absolute atomic E-state index is 8.48. The van der Waals surface area contributed by atoms with E-state index in [9.17, 15) is 0 Å². The summed E-state index contributed by atoms with van der Waals surface area (Å²) in [6.45, 7) is 11.3. The van der Waals surface area contributed by atoms with E-state index in [1.807, 2.05) is 6.92 Å². The topological polar surface area (TPSA) is 27.0 Å². The van der Waals surface area contributed by atoms with E-state index in [2.05, 4.69) is 31.4 Å². The molecule has 0 aliphatic heterocycles. The molecule has 2 heteroatoms. The zero-order chi connectivity index (χ0) is 8.85. The van der Waals surface area contributed by atoms with Gasteiger partial charge in [-0.2, -0.15) is 5.26 Å². The minimum Gasteiger partial charge on any atom is -0.284 e. The molecule has 0 saturated heterocycles. The number of hydrogen-bond donors (Lipinski definition) is 0. The van der Waals surface area contributed by atoms with Crippen molar-refractivity contribution < 1.29 is 0 Å². The van der Waals surface area contributed by atoms with Crippen LogP contribution in [0.25, 0.3) is 0 Å². The fourth-order valence-corrected chi connectivity index (χ4v) is 0.859. The molecular weight excluding hydrogens is 136 g/mol. The summed E-state index contributed by atoms with van der Waals surface area (Å²) in [6.07, 6.45) is 0. The molecule has 11 heavy (non-hydrogen) atoms. The molecule has 0 aromatic rings. The van der Waals surface area contributed by atoms with Crippen molar-refractivity contribution >= 4 is 0 Å². The van der Waals surface area contributed by atoms with Crippen LogP contribution in [-0.2, 0) is 0 Å². The molecule has 0 unspecified atom stereocenters. The van der Waals surface area contributed by atoms with Gasteiger partial charge in [-0.15, -0.1) is 0 Å². The summed E-state index contributed by atoms with van der Waals surface area (Å²) in [6, 6.07) is 2.56. The van der Waals surface area contributed by atoms with Gasteiger partial charge in [-0.3, -0.25) is 4.90 Å². The Morgan fingerprint density at radius 3 is 2.45 bits per heavy atom. The number of rotatable bonds is 4. The highest BCUT2D eigenvalue weighted by Gasteiger charge is 2.07. The van der Waals surface area contributed by atoms with E-state index in [1.165, 1.54) is 0 Å². The third kappa shape index (κ3) is 4.58. The predicted octanol–water partition coefficient (Wildman–Crippen LogP) is 1.80. The van der Waals surface area contributed by atoms with Gasteiger partial charge in [0.05, 0.1) is 12.6 Å². The van der Waals surface area contributed by atoms with E-state index in [1.54, 1.807) is 0 Å². The molecule has 0 atom stereocenters. The highest BCUT2D eigenvalue weighted by atomic mass is 15.1. The largest absolute Gasteiger partial charge is 0.284 e. The number of nitriles is 1. The normalized spacial score (nSPS) is 10.2. The molecule has 0 N–H and O–H groups in total. The molecule has 0 aliphatic carbocycles. The lowest BCUT2D eigenvalue weighted by Gasteiger charge is -2.23. The first-order valence-corrected chi connectivity index (χ1v) is 3.83. The Labute approximate surface area is 69.1 Å². The van der Waals surface area contributed by atoms with Crippen LogP contribution in [0.1, 0.15) is 20.8 Å². The van der Waals surface area contributed by atoms with Crippen molar-refractivity contribution in [3.63, 3.8) is 0 Å². The van der Waals surface area contributed by atoms with Crippen molar-refractivity contribution in [2.24, 2.45) is 0 Å². The van der Waals surface area contributed by atoms with E-state index in [0.717, 1.165) is 12.1 Å². The maximum Gasteiger partial charge on any atom is 0.0870 e. The average Bonchev–Trinajstić information content (AvgIpc) is 1.86. The molecule has 0 heterocycles. The summed E-state index contributed by atoms with van der Waals surface area (Å²) in [5.41, 5.74) is 1.11. The fraction of sp³-hybridized carbons (Fsp3) is 0.667. The van der Waals surface area contributed by atoms with Crippen molar-refractivity contribution in [3.8, 4) is 6.07 Å². The molecule has 0 spiro atoms. The van der Waals surface area contributed by atoms with Gasteiger partial charge in [-0.25, -0.2) is 0 Å². The standard InChI is InChI=1S/C9H16N2/c1-8(2)7-11(6-5-10)9(3)4/h9H,1,6-7H2,2-4H3. The van der Waals surface area contributed by atoms with Gasteiger partial charge in [0, 0.05) is 12.6 Å². The van der Waals surface area contributed by atoms with Crippen LogP contribution in [-0.4, -0.2) is 24.0 Å². The van der Waals surface area contributed by atoms with E-state index in [0.29, 0.717) is 12.6 Å².